The van der Waals surface area contributed by atoms with E-state index in [0.29, 0.717) is 30.2 Å². The zero-order valence-corrected chi connectivity index (χ0v) is 19.8. The quantitative estimate of drug-likeness (QED) is 0.317. The fraction of sp³-hybridized carbons (Fsp3) is 0.280. The van der Waals surface area contributed by atoms with Gasteiger partial charge in [0.15, 0.2) is 5.82 Å². The van der Waals surface area contributed by atoms with Gasteiger partial charge in [-0.05, 0) is 51.1 Å². The van der Waals surface area contributed by atoms with Crippen LogP contribution in [0.4, 0.5) is 20.3 Å². The molecular formula is C25H27F2N7O. The van der Waals surface area contributed by atoms with Crippen molar-refractivity contribution in [3.05, 3.63) is 72.8 Å². The van der Waals surface area contributed by atoms with Crippen LogP contribution in [0.5, 0.6) is 0 Å². The van der Waals surface area contributed by atoms with Crippen molar-refractivity contribution in [2.24, 2.45) is 0 Å². The maximum Gasteiger partial charge on any atom is 0.280 e. The Morgan fingerprint density at radius 3 is 2.74 bits per heavy atom. The van der Waals surface area contributed by atoms with E-state index in [1.165, 1.54) is 12.1 Å². The molecule has 4 heterocycles. The lowest BCUT2D eigenvalue weighted by Gasteiger charge is -2.20. The maximum atomic E-state index is 13.2. The number of nitrogens with one attached hydrogen (secondary N) is 2. The summed E-state index contributed by atoms with van der Waals surface area (Å²) in [6, 6.07) is 9.88. The normalized spacial score (nSPS) is 11.7. The monoisotopic (exact) mass is 479 g/mol. The van der Waals surface area contributed by atoms with Gasteiger partial charge in [0, 0.05) is 36.4 Å². The lowest BCUT2D eigenvalue weighted by atomic mass is 10.2. The number of rotatable bonds is 9. The summed E-state index contributed by atoms with van der Waals surface area (Å²) >= 11 is 0. The highest BCUT2D eigenvalue weighted by atomic mass is 19.3. The van der Waals surface area contributed by atoms with Crippen LogP contribution < -0.4 is 10.6 Å². The first-order valence-electron chi connectivity index (χ1n) is 11.1. The van der Waals surface area contributed by atoms with Crippen LogP contribution in [0, 0.1) is 0 Å². The zero-order valence-electron chi connectivity index (χ0n) is 19.8. The average Bonchev–Trinajstić information content (AvgIpc) is 3.31. The number of hydrogen-bond donors (Lipinski definition) is 2. The fourth-order valence-corrected chi connectivity index (χ4v) is 3.36. The second-order valence-electron chi connectivity index (χ2n) is 8.78. The SMILES string of the molecule is C=C(NCCOC(C)(C)C)c1cnccc1Nc1nc(-c2cccc(C(F)F)n2)nn2cccc12. The molecule has 0 unspecified atom stereocenters. The molecule has 0 spiro atoms. The standard InChI is InChI=1S/C25H27F2N7O/c1-16(29-12-14-35-25(2,3)4)17-15-28-11-10-18(17)31-24-21-9-6-13-34(21)33-23(32-24)20-8-5-7-19(30-20)22(26)27/h5-11,13,15,22,29H,1,12,14H2,2-4H3,(H,28,31,32,33). The van der Waals surface area contributed by atoms with Crippen LogP contribution in [0.1, 0.15) is 38.5 Å². The molecule has 182 valence electrons. The smallest absolute Gasteiger partial charge is 0.280 e. The summed E-state index contributed by atoms with van der Waals surface area (Å²) in [5.41, 5.74) is 2.55. The van der Waals surface area contributed by atoms with Crippen LogP contribution >= 0.6 is 0 Å². The number of anilines is 2. The van der Waals surface area contributed by atoms with Gasteiger partial charge in [0.05, 0.1) is 17.9 Å². The van der Waals surface area contributed by atoms with Gasteiger partial charge in [-0.15, -0.1) is 5.10 Å². The second kappa shape index (κ2) is 10.1. The van der Waals surface area contributed by atoms with Crippen LogP contribution in [0.15, 0.2) is 61.6 Å². The summed E-state index contributed by atoms with van der Waals surface area (Å²) < 4.78 is 33.7. The van der Waals surface area contributed by atoms with Crippen LogP contribution in [0.3, 0.4) is 0 Å². The molecule has 4 rings (SSSR count). The Morgan fingerprint density at radius 1 is 1.14 bits per heavy atom. The average molecular weight is 480 g/mol. The van der Waals surface area contributed by atoms with Crippen molar-refractivity contribution in [3.8, 4) is 11.5 Å². The summed E-state index contributed by atoms with van der Waals surface area (Å²) in [5, 5.41) is 11.0. The number of hydrogen-bond acceptors (Lipinski definition) is 7. The van der Waals surface area contributed by atoms with Crippen LogP contribution in [0.25, 0.3) is 22.7 Å². The first-order chi connectivity index (χ1) is 16.7. The van der Waals surface area contributed by atoms with E-state index in [4.69, 9.17) is 4.74 Å². The van der Waals surface area contributed by atoms with E-state index >= 15 is 0 Å². The van der Waals surface area contributed by atoms with Crippen molar-refractivity contribution in [1.82, 2.24) is 29.9 Å². The van der Waals surface area contributed by atoms with Crippen molar-refractivity contribution < 1.29 is 13.5 Å². The summed E-state index contributed by atoms with van der Waals surface area (Å²) in [5.74, 6) is 0.700. The van der Waals surface area contributed by atoms with Crippen molar-refractivity contribution in [2.45, 2.75) is 32.8 Å². The Balaban J connectivity index is 1.61. The predicted molar refractivity (Wildman–Crippen MR) is 131 cm³/mol. The zero-order chi connectivity index (χ0) is 25.0. The third kappa shape index (κ3) is 5.96. The van der Waals surface area contributed by atoms with Crippen molar-refractivity contribution >= 4 is 22.7 Å². The van der Waals surface area contributed by atoms with E-state index in [2.05, 4.69) is 37.3 Å². The summed E-state index contributed by atoms with van der Waals surface area (Å²) in [7, 11) is 0. The molecule has 4 aromatic rings. The van der Waals surface area contributed by atoms with Crippen molar-refractivity contribution in [3.63, 3.8) is 0 Å². The maximum absolute atomic E-state index is 13.2. The minimum Gasteiger partial charge on any atom is -0.383 e. The lowest BCUT2D eigenvalue weighted by Crippen LogP contribution is -2.26. The Morgan fingerprint density at radius 2 is 1.97 bits per heavy atom. The Labute approximate surface area is 202 Å². The molecule has 8 nitrogen and oxygen atoms in total. The molecule has 0 fully saturated rings. The molecule has 0 radical (unpaired) electrons. The van der Waals surface area contributed by atoms with Crippen LogP contribution in [-0.2, 0) is 4.74 Å². The number of pyridine rings is 2. The van der Waals surface area contributed by atoms with Crippen LogP contribution in [-0.4, -0.2) is 43.3 Å². The topological polar surface area (TPSA) is 89.3 Å². The van der Waals surface area contributed by atoms with Gasteiger partial charge >= 0.3 is 0 Å². The van der Waals surface area contributed by atoms with Gasteiger partial charge in [0.1, 0.15) is 16.9 Å². The van der Waals surface area contributed by atoms with Crippen LogP contribution in [0.2, 0.25) is 0 Å². The summed E-state index contributed by atoms with van der Waals surface area (Å²) in [6.45, 7) is 11.3. The van der Waals surface area contributed by atoms with Gasteiger partial charge in [-0.25, -0.2) is 23.3 Å². The Bertz CT molecular complexity index is 1330. The molecule has 0 atom stereocenters. The number of halogens is 2. The molecule has 0 aliphatic heterocycles. The molecule has 2 N–H and O–H groups in total. The molecule has 0 aromatic carbocycles. The molecule has 0 aliphatic carbocycles. The van der Waals surface area contributed by atoms with Gasteiger partial charge < -0.3 is 15.4 Å². The molecule has 10 heteroatoms. The molecule has 4 aromatic heterocycles. The second-order valence-corrected chi connectivity index (χ2v) is 8.78. The summed E-state index contributed by atoms with van der Waals surface area (Å²) in [4.78, 5) is 12.9. The molecular weight excluding hydrogens is 452 g/mol. The summed E-state index contributed by atoms with van der Waals surface area (Å²) in [6.07, 6.45) is 2.43. The molecule has 0 saturated heterocycles. The lowest BCUT2D eigenvalue weighted by molar-refractivity contribution is 0.000379. The van der Waals surface area contributed by atoms with Gasteiger partial charge in [0.2, 0.25) is 5.82 Å². The third-order valence-electron chi connectivity index (χ3n) is 4.99. The number of nitrogens with zero attached hydrogens (tertiary/aromatic N) is 5. The van der Waals surface area contributed by atoms with E-state index in [-0.39, 0.29) is 22.8 Å². The molecule has 0 amide bonds. The first kappa shape index (κ1) is 24.2. The van der Waals surface area contributed by atoms with E-state index in [1.54, 1.807) is 29.2 Å². The number of aromatic nitrogens is 5. The van der Waals surface area contributed by atoms with E-state index in [0.717, 1.165) is 11.3 Å². The highest BCUT2D eigenvalue weighted by Crippen LogP contribution is 2.28. The van der Waals surface area contributed by atoms with Crippen molar-refractivity contribution in [2.75, 3.05) is 18.5 Å². The Kier molecular flexibility index (Phi) is 7.02. The van der Waals surface area contributed by atoms with Gasteiger partial charge in [-0.1, -0.05) is 12.6 Å². The van der Waals surface area contributed by atoms with Gasteiger partial charge in [-0.2, -0.15) is 0 Å². The van der Waals surface area contributed by atoms with Gasteiger partial charge in [-0.3, -0.25) is 4.98 Å². The fourth-order valence-electron chi connectivity index (χ4n) is 3.36. The van der Waals surface area contributed by atoms with E-state index < -0.39 is 6.43 Å². The highest BCUT2D eigenvalue weighted by molar-refractivity contribution is 5.81. The predicted octanol–water partition coefficient (Wildman–Crippen LogP) is 5.24. The number of ether oxygens (including phenoxy) is 1. The largest absolute Gasteiger partial charge is 0.383 e. The minimum absolute atomic E-state index is 0.214. The highest BCUT2D eigenvalue weighted by Gasteiger charge is 2.16. The van der Waals surface area contributed by atoms with Gasteiger partial charge in [0.25, 0.3) is 6.43 Å². The molecule has 0 saturated carbocycles. The molecule has 35 heavy (non-hydrogen) atoms. The molecule has 0 aliphatic rings. The van der Waals surface area contributed by atoms with E-state index in [9.17, 15) is 8.78 Å². The van der Waals surface area contributed by atoms with Crippen molar-refractivity contribution in [1.29, 1.82) is 0 Å². The molecule has 0 bridgehead atoms. The van der Waals surface area contributed by atoms with E-state index in [1.807, 2.05) is 39.0 Å². The number of fused-ring (bicyclic) bond motifs is 1. The minimum atomic E-state index is -2.69. The first-order valence-corrected chi connectivity index (χ1v) is 11.1. The third-order valence-corrected chi connectivity index (χ3v) is 4.99. The Hall–Kier alpha value is -3.92. The number of alkyl halides is 2.